The zero-order valence-corrected chi connectivity index (χ0v) is 17.5. The van der Waals surface area contributed by atoms with Gasteiger partial charge in [0.2, 0.25) is 5.91 Å². The lowest BCUT2D eigenvalue weighted by Gasteiger charge is -2.26. The molecule has 0 atom stereocenters. The van der Waals surface area contributed by atoms with Gasteiger partial charge in [0.15, 0.2) is 5.78 Å². The van der Waals surface area contributed by atoms with E-state index in [1.54, 1.807) is 45.0 Å². The summed E-state index contributed by atoms with van der Waals surface area (Å²) in [6.07, 6.45) is 0.116. The van der Waals surface area contributed by atoms with Crippen LogP contribution in [-0.4, -0.2) is 66.8 Å². The highest BCUT2D eigenvalue weighted by Gasteiger charge is 2.22. The summed E-state index contributed by atoms with van der Waals surface area (Å²) in [7, 11) is 3.78. The molecule has 0 aliphatic rings. The minimum atomic E-state index is -0.613. The quantitative estimate of drug-likeness (QED) is 0.474. The molecule has 1 amide bonds. The van der Waals surface area contributed by atoms with E-state index >= 15 is 0 Å². The van der Waals surface area contributed by atoms with Gasteiger partial charge in [-0.1, -0.05) is 11.6 Å². The summed E-state index contributed by atoms with van der Waals surface area (Å²) in [5, 5.41) is 0.551. The Kier molecular flexibility index (Phi) is 8.93. The highest BCUT2D eigenvalue weighted by Crippen LogP contribution is 2.13. The highest BCUT2D eigenvalue weighted by molar-refractivity contribution is 6.30. The van der Waals surface area contributed by atoms with Crippen molar-refractivity contribution in [1.29, 1.82) is 0 Å². The molecule has 7 heteroatoms. The summed E-state index contributed by atoms with van der Waals surface area (Å²) in [5.41, 5.74) is -0.100. The molecule has 0 spiro atoms. The molecule has 27 heavy (non-hydrogen) atoms. The Bertz CT molecular complexity index is 651. The molecule has 0 aliphatic heterocycles. The lowest BCUT2D eigenvalue weighted by atomic mass is 10.1. The van der Waals surface area contributed by atoms with Gasteiger partial charge in [0, 0.05) is 36.5 Å². The van der Waals surface area contributed by atoms with Gasteiger partial charge in [-0.25, -0.2) is 0 Å². The molecule has 150 valence electrons. The van der Waals surface area contributed by atoms with Gasteiger partial charge in [0.1, 0.15) is 12.1 Å². The first-order valence-corrected chi connectivity index (χ1v) is 9.29. The zero-order chi connectivity index (χ0) is 20.6. The highest BCUT2D eigenvalue weighted by atomic mass is 35.5. The maximum atomic E-state index is 12.6. The van der Waals surface area contributed by atoms with Crippen LogP contribution in [0.4, 0.5) is 0 Å². The number of benzene rings is 1. The molecular formula is C20H29ClN2O4. The predicted molar refractivity (Wildman–Crippen MR) is 106 cm³/mol. The molecule has 1 aromatic carbocycles. The Morgan fingerprint density at radius 2 is 1.59 bits per heavy atom. The number of ketones is 1. The summed E-state index contributed by atoms with van der Waals surface area (Å²) < 4.78 is 5.31. The molecule has 6 nitrogen and oxygen atoms in total. The second-order valence-electron chi connectivity index (χ2n) is 7.64. The summed E-state index contributed by atoms with van der Waals surface area (Å²) >= 11 is 5.82. The number of esters is 1. The molecule has 0 heterocycles. The van der Waals surface area contributed by atoms with Crippen LogP contribution in [0.1, 0.15) is 44.0 Å². The van der Waals surface area contributed by atoms with Crippen molar-refractivity contribution in [3.8, 4) is 0 Å². The SMILES string of the molecule is CN(C)CCN(CC(=O)OC(C)(C)C)C(=O)CCC(=O)c1ccc(Cl)cc1. The fourth-order valence-electron chi connectivity index (χ4n) is 2.30. The molecule has 0 bridgehead atoms. The molecular weight excluding hydrogens is 368 g/mol. The van der Waals surface area contributed by atoms with E-state index in [1.165, 1.54) is 4.90 Å². The van der Waals surface area contributed by atoms with Crippen LogP contribution in [0.25, 0.3) is 0 Å². The van der Waals surface area contributed by atoms with E-state index in [0.717, 1.165) is 0 Å². The third kappa shape index (κ3) is 9.54. The molecule has 1 aromatic rings. The average Bonchev–Trinajstić information content (AvgIpc) is 2.55. The van der Waals surface area contributed by atoms with Gasteiger partial charge in [-0.15, -0.1) is 0 Å². The second kappa shape index (κ2) is 10.4. The Hall–Kier alpha value is -1.92. The van der Waals surface area contributed by atoms with E-state index in [-0.39, 0.29) is 31.1 Å². The number of likely N-dealkylation sites (N-methyl/N-ethyl adjacent to an activating group) is 1. The Balaban J connectivity index is 2.67. The molecule has 0 saturated heterocycles. The third-order valence-electron chi connectivity index (χ3n) is 3.64. The Morgan fingerprint density at radius 3 is 2.11 bits per heavy atom. The zero-order valence-electron chi connectivity index (χ0n) is 16.8. The number of ether oxygens (including phenoxy) is 1. The van der Waals surface area contributed by atoms with Crippen LogP contribution in [0.5, 0.6) is 0 Å². The molecule has 0 saturated carbocycles. The van der Waals surface area contributed by atoms with Crippen molar-refractivity contribution in [3.05, 3.63) is 34.9 Å². The molecule has 0 fully saturated rings. The number of halogens is 1. The first-order valence-electron chi connectivity index (χ1n) is 8.91. The van der Waals surface area contributed by atoms with Crippen molar-refractivity contribution in [2.75, 3.05) is 33.7 Å². The summed E-state index contributed by atoms with van der Waals surface area (Å²) in [5.74, 6) is -0.839. The predicted octanol–water partition coefficient (Wildman–Crippen LogP) is 3.03. The number of hydrogen-bond acceptors (Lipinski definition) is 5. The first kappa shape index (κ1) is 23.1. The topological polar surface area (TPSA) is 66.9 Å². The van der Waals surface area contributed by atoms with Crippen molar-refractivity contribution in [3.63, 3.8) is 0 Å². The number of carbonyl (C=O) groups excluding carboxylic acids is 3. The van der Waals surface area contributed by atoms with Gasteiger partial charge in [0.25, 0.3) is 0 Å². The number of rotatable bonds is 9. The maximum Gasteiger partial charge on any atom is 0.326 e. The summed E-state index contributed by atoms with van der Waals surface area (Å²) in [4.78, 5) is 40.3. The minimum absolute atomic E-state index is 0.0394. The smallest absolute Gasteiger partial charge is 0.326 e. The lowest BCUT2D eigenvalue weighted by molar-refractivity contribution is -0.159. The van der Waals surface area contributed by atoms with Gasteiger partial charge in [-0.05, 0) is 59.1 Å². The summed E-state index contributed by atoms with van der Waals surface area (Å²) in [6, 6.07) is 6.56. The van der Waals surface area contributed by atoms with Gasteiger partial charge in [-0.3, -0.25) is 14.4 Å². The molecule has 0 N–H and O–H groups in total. The average molecular weight is 397 g/mol. The van der Waals surface area contributed by atoms with Gasteiger partial charge in [0.05, 0.1) is 0 Å². The number of amides is 1. The van der Waals surface area contributed by atoms with Crippen LogP contribution in [0.15, 0.2) is 24.3 Å². The van der Waals surface area contributed by atoms with Crippen LogP contribution in [0.3, 0.4) is 0 Å². The minimum Gasteiger partial charge on any atom is -0.459 e. The van der Waals surface area contributed by atoms with E-state index in [2.05, 4.69) is 0 Å². The summed E-state index contributed by atoms with van der Waals surface area (Å²) in [6.45, 7) is 6.21. The molecule has 1 rings (SSSR count). The van der Waals surface area contributed by atoms with Crippen molar-refractivity contribution in [1.82, 2.24) is 9.80 Å². The van der Waals surface area contributed by atoms with E-state index in [9.17, 15) is 14.4 Å². The lowest BCUT2D eigenvalue weighted by Crippen LogP contribution is -2.42. The number of hydrogen-bond donors (Lipinski definition) is 0. The van der Waals surface area contributed by atoms with Gasteiger partial charge in [-0.2, -0.15) is 0 Å². The number of nitrogens with zero attached hydrogens (tertiary/aromatic N) is 2. The number of carbonyl (C=O) groups is 3. The number of Topliss-reactive ketones (excluding diaryl/α,β-unsaturated/α-hetero) is 1. The van der Waals surface area contributed by atoms with Crippen molar-refractivity contribution in [2.24, 2.45) is 0 Å². The fourth-order valence-corrected chi connectivity index (χ4v) is 2.43. The van der Waals surface area contributed by atoms with Crippen LogP contribution in [0, 0.1) is 0 Å². The standard InChI is InChI=1S/C20H29ClN2O4/c1-20(2,3)27-19(26)14-23(13-12-22(4)5)18(25)11-10-17(24)15-6-8-16(21)9-7-15/h6-9H,10-14H2,1-5H3. The molecule has 0 aromatic heterocycles. The largest absolute Gasteiger partial charge is 0.459 e. The first-order chi connectivity index (χ1) is 12.5. The molecule has 0 unspecified atom stereocenters. The normalized spacial score (nSPS) is 11.4. The Labute approximate surface area is 166 Å². The van der Waals surface area contributed by atoms with Crippen LogP contribution in [0.2, 0.25) is 5.02 Å². The van der Waals surface area contributed by atoms with Gasteiger partial charge < -0.3 is 14.5 Å². The third-order valence-corrected chi connectivity index (χ3v) is 3.89. The fraction of sp³-hybridized carbons (Fsp3) is 0.550. The van der Waals surface area contributed by atoms with Gasteiger partial charge >= 0.3 is 5.97 Å². The second-order valence-corrected chi connectivity index (χ2v) is 8.07. The monoisotopic (exact) mass is 396 g/mol. The van der Waals surface area contributed by atoms with Crippen LogP contribution < -0.4 is 0 Å². The van der Waals surface area contributed by atoms with E-state index < -0.39 is 11.6 Å². The maximum absolute atomic E-state index is 12.6. The van der Waals surface area contributed by atoms with E-state index in [0.29, 0.717) is 23.7 Å². The van der Waals surface area contributed by atoms with Crippen LogP contribution >= 0.6 is 11.6 Å². The van der Waals surface area contributed by atoms with Crippen molar-refractivity contribution < 1.29 is 19.1 Å². The van der Waals surface area contributed by atoms with Crippen molar-refractivity contribution >= 4 is 29.3 Å². The molecule has 0 radical (unpaired) electrons. The van der Waals surface area contributed by atoms with Crippen LogP contribution in [-0.2, 0) is 14.3 Å². The van der Waals surface area contributed by atoms with E-state index in [4.69, 9.17) is 16.3 Å². The van der Waals surface area contributed by atoms with E-state index in [1.807, 2.05) is 19.0 Å². The Morgan fingerprint density at radius 1 is 1.00 bits per heavy atom. The molecule has 0 aliphatic carbocycles. The van der Waals surface area contributed by atoms with Crippen molar-refractivity contribution in [2.45, 2.75) is 39.2 Å².